The Kier molecular flexibility index (Phi) is 3.31. The molecule has 12 heavy (non-hydrogen) atoms. The summed E-state index contributed by atoms with van der Waals surface area (Å²) in [5, 5.41) is 0. The third-order valence-electron chi connectivity index (χ3n) is 1.75. The van der Waals surface area contributed by atoms with Crippen LogP contribution in [0.4, 0.5) is 4.79 Å². The van der Waals surface area contributed by atoms with Crippen molar-refractivity contribution in [2.24, 2.45) is 0 Å². The molecule has 0 aromatic carbocycles. The quantitative estimate of drug-likeness (QED) is 0.599. The first-order valence-electron chi connectivity index (χ1n) is 3.81. The van der Waals surface area contributed by atoms with Gasteiger partial charge in [0.25, 0.3) is 0 Å². The zero-order valence-electron chi connectivity index (χ0n) is 7.45. The lowest BCUT2D eigenvalue weighted by atomic mass is 10.6. The van der Waals surface area contributed by atoms with Crippen LogP contribution in [0.15, 0.2) is 0 Å². The average molecular weight is 174 g/mol. The predicted molar refractivity (Wildman–Crippen MR) is 42.6 cm³/mol. The molecule has 1 aliphatic heterocycles. The Hall–Kier alpha value is -0.810. The Bertz CT molecular complexity index is 147. The monoisotopic (exact) mass is 174 g/mol. The number of carbonyl (C=O) groups excluding carboxylic acids is 1. The molecule has 0 bridgehead atoms. The smallest absolute Gasteiger partial charge is 0.323 e. The maximum Gasteiger partial charge on any atom is 0.323 e. The van der Waals surface area contributed by atoms with Gasteiger partial charge in [-0.2, -0.15) is 0 Å². The largest absolute Gasteiger partial charge is 0.364 e. The van der Waals surface area contributed by atoms with Crippen molar-refractivity contribution < 1.29 is 14.3 Å². The number of carbonyl (C=O) groups is 1. The Labute approximate surface area is 71.8 Å². The van der Waals surface area contributed by atoms with Crippen molar-refractivity contribution in [1.29, 1.82) is 0 Å². The maximum absolute atomic E-state index is 11.4. The van der Waals surface area contributed by atoms with Crippen LogP contribution >= 0.6 is 0 Å². The molecule has 1 rings (SSSR count). The molecule has 1 heterocycles. The number of amides is 2. The highest BCUT2D eigenvalue weighted by Crippen LogP contribution is 2.07. The molecule has 0 aromatic heterocycles. The van der Waals surface area contributed by atoms with Crippen molar-refractivity contribution in [3.8, 4) is 0 Å². The normalized spacial score (nSPS) is 17.7. The van der Waals surface area contributed by atoms with E-state index in [4.69, 9.17) is 9.47 Å². The molecule has 5 heteroatoms. The summed E-state index contributed by atoms with van der Waals surface area (Å²) >= 11 is 0. The van der Waals surface area contributed by atoms with Gasteiger partial charge in [-0.15, -0.1) is 0 Å². The van der Waals surface area contributed by atoms with Gasteiger partial charge in [-0.3, -0.25) is 9.80 Å². The fourth-order valence-corrected chi connectivity index (χ4v) is 1.18. The van der Waals surface area contributed by atoms with Crippen molar-refractivity contribution in [1.82, 2.24) is 9.80 Å². The lowest BCUT2D eigenvalue weighted by Crippen LogP contribution is -2.33. The molecule has 1 saturated heterocycles. The molecule has 0 aliphatic carbocycles. The van der Waals surface area contributed by atoms with Crippen molar-refractivity contribution in [2.45, 2.75) is 0 Å². The van der Waals surface area contributed by atoms with E-state index in [1.165, 1.54) is 0 Å². The Morgan fingerprint density at radius 1 is 1.17 bits per heavy atom. The molecule has 2 amide bonds. The highest BCUT2D eigenvalue weighted by Gasteiger charge is 2.27. The Balaban J connectivity index is 2.38. The van der Waals surface area contributed by atoms with Crippen LogP contribution in [0.3, 0.4) is 0 Å². The molecule has 0 aromatic rings. The third kappa shape index (κ3) is 1.86. The lowest BCUT2D eigenvalue weighted by molar-refractivity contribution is 0.0741. The summed E-state index contributed by atoms with van der Waals surface area (Å²) in [6, 6.07) is -0.0151. The predicted octanol–water partition coefficient (Wildman–Crippen LogP) is -0.0682. The van der Waals surface area contributed by atoms with E-state index >= 15 is 0 Å². The molecular formula is C7H14N2O3. The fraction of sp³-hybridized carbons (Fsp3) is 0.857. The van der Waals surface area contributed by atoms with Crippen LogP contribution in [-0.4, -0.2) is 56.6 Å². The SMILES string of the molecule is COCN1CCN(COC)C1=O. The van der Waals surface area contributed by atoms with Crippen molar-refractivity contribution in [2.75, 3.05) is 40.8 Å². The molecule has 0 atom stereocenters. The van der Waals surface area contributed by atoms with Gasteiger partial charge >= 0.3 is 6.03 Å². The van der Waals surface area contributed by atoms with Crippen molar-refractivity contribution in [3.05, 3.63) is 0 Å². The van der Waals surface area contributed by atoms with Crippen LogP contribution in [-0.2, 0) is 9.47 Å². The third-order valence-corrected chi connectivity index (χ3v) is 1.75. The molecule has 0 unspecified atom stereocenters. The van der Waals surface area contributed by atoms with E-state index in [0.717, 1.165) is 13.1 Å². The first kappa shape index (κ1) is 9.28. The second-order valence-corrected chi connectivity index (χ2v) is 2.65. The van der Waals surface area contributed by atoms with Gasteiger partial charge in [0.2, 0.25) is 0 Å². The molecule has 0 saturated carbocycles. The van der Waals surface area contributed by atoms with Gasteiger partial charge < -0.3 is 9.47 Å². The summed E-state index contributed by atoms with van der Waals surface area (Å²) in [5.74, 6) is 0. The van der Waals surface area contributed by atoms with Crippen LogP contribution in [0, 0.1) is 0 Å². The van der Waals surface area contributed by atoms with Crippen LogP contribution in [0.2, 0.25) is 0 Å². The summed E-state index contributed by atoms with van der Waals surface area (Å²) in [5.41, 5.74) is 0. The summed E-state index contributed by atoms with van der Waals surface area (Å²) < 4.78 is 9.72. The van der Waals surface area contributed by atoms with E-state index in [0.29, 0.717) is 13.5 Å². The second kappa shape index (κ2) is 4.27. The van der Waals surface area contributed by atoms with Gasteiger partial charge in [0.15, 0.2) is 0 Å². The highest BCUT2D eigenvalue weighted by atomic mass is 16.5. The molecule has 1 aliphatic rings. The van der Waals surface area contributed by atoms with Crippen LogP contribution in [0.1, 0.15) is 0 Å². The molecule has 70 valence electrons. The number of rotatable bonds is 4. The Morgan fingerprint density at radius 2 is 1.58 bits per heavy atom. The first-order valence-corrected chi connectivity index (χ1v) is 3.81. The first-order chi connectivity index (χ1) is 5.79. The van der Waals surface area contributed by atoms with Gasteiger partial charge in [-0.05, 0) is 0 Å². The lowest BCUT2D eigenvalue weighted by Gasteiger charge is -2.16. The van der Waals surface area contributed by atoms with Gasteiger partial charge in [0, 0.05) is 27.3 Å². The minimum atomic E-state index is -0.0151. The molecule has 0 N–H and O–H groups in total. The zero-order valence-corrected chi connectivity index (χ0v) is 7.45. The average Bonchev–Trinajstić information content (AvgIpc) is 2.38. The van der Waals surface area contributed by atoms with Gasteiger partial charge in [-0.25, -0.2) is 4.79 Å². The summed E-state index contributed by atoms with van der Waals surface area (Å²) in [6.07, 6.45) is 0. The van der Waals surface area contributed by atoms with Crippen LogP contribution in [0.5, 0.6) is 0 Å². The number of hydrogen-bond donors (Lipinski definition) is 0. The number of urea groups is 1. The van der Waals surface area contributed by atoms with Crippen LogP contribution in [0.25, 0.3) is 0 Å². The zero-order chi connectivity index (χ0) is 8.97. The molecule has 0 spiro atoms. The van der Waals surface area contributed by atoms with Gasteiger partial charge in [0.05, 0.1) is 0 Å². The van der Waals surface area contributed by atoms with Crippen molar-refractivity contribution in [3.63, 3.8) is 0 Å². The second-order valence-electron chi connectivity index (χ2n) is 2.65. The minimum absolute atomic E-state index is 0.0151. The van der Waals surface area contributed by atoms with Crippen LogP contribution < -0.4 is 0 Å². The topological polar surface area (TPSA) is 42.0 Å². The van der Waals surface area contributed by atoms with E-state index in [-0.39, 0.29) is 6.03 Å². The molecule has 5 nitrogen and oxygen atoms in total. The maximum atomic E-state index is 11.4. The highest BCUT2D eigenvalue weighted by molar-refractivity contribution is 5.76. The van der Waals surface area contributed by atoms with Gasteiger partial charge in [-0.1, -0.05) is 0 Å². The number of ether oxygens (including phenoxy) is 2. The molecule has 1 fully saturated rings. The standard InChI is InChI=1S/C7H14N2O3/c1-11-5-8-3-4-9(6-12-2)7(8)10/h3-6H2,1-2H3. The van der Waals surface area contributed by atoms with E-state index in [1.807, 2.05) is 0 Å². The van der Waals surface area contributed by atoms with E-state index in [1.54, 1.807) is 24.0 Å². The van der Waals surface area contributed by atoms with Gasteiger partial charge in [0.1, 0.15) is 13.5 Å². The van der Waals surface area contributed by atoms with E-state index in [2.05, 4.69) is 0 Å². The molecular weight excluding hydrogens is 160 g/mol. The van der Waals surface area contributed by atoms with E-state index < -0.39 is 0 Å². The minimum Gasteiger partial charge on any atom is -0.364 e. The summed E-state index contributed by atoms with van der Waals surface area (Å²) in [6.45, 7) is 2.16. The number of nitrogens with zero attached hydrogens (tertiary/aromatic N) is 2. The fourth-order valence-electron chi connectivity index (χ4n) is 1.18. The van der Waals surface area contributed by atoms with E-state index in [9.17, 15) is 4.79 Å². The Morgan fingerprint density at radius 3 is 1.92 bits per heavy atom. The van der Waals surface area contributed by atoms with Crippen molar-refractivity contribution >= 4 is 6.03 Å². The number of methoxy groups -OCH3 is 2. The number of hydrogen-bond acceptors (Lipinski definition) is 3. The molecule has 0 radical (unpaired) electrons. The summed E-state index contributed by atoms with van der Waals surface area (Å²) in [4.78, 5) is 14.7. The summed E-state index contributed by atoms with van der Waals surface area (Å²) in [7, 11) is 3.15.